The second-order valence-electron chi connectivity index (χ2n) is 8.54. The van der Waals surface area contributed by atoms with Gasteiger partial charge in [-0.2, -0.15) is 0 Å². The molecule has 6 N–H and O–H groups in total. The lowest BCUT2D eigenvalue weighted by Gasteiger charge is -2.23. The molecule has 1 aromatic heterocycles. The van der Waals surface area contributed by atoms with Crippen LogP contribution in [-0.2, 0) is 27.2 Å². The van der Waals surface area contributed by atoms with Gasteiger partial charge in [0.15, 0.2) is 0 Å². The number of hydrogen-bond donors (Lipinski definition) is 6. The molecule has 2 heterocycles. The number of aromatic amines is 1. The van der Waals surface area contributed by atoms with Crippen LogP contribution in [0.5, 0.6) is 5.75 Å². The Labute approximate surface area is 196 Å². The first-order chi connectivity index (χ1) is 16.4. The number of amides is 2. The zero-order chi connectivity index (χ0) is 24.1. The Morgan fingerprint density at radius 1 is 1.00 bits per heavy atom. The number of aromatic hydroxyl groups is 1. The summed E-state index contributed by atoms with van der Waals surface area (Å²) in [5.74, 6) is -1.94. The maximum Gasteiger partial charge on any atom is 0.326 e. The minimum absolute atomic E-state index is 0.0913. The maximum absolute atomic E-state index is 13.2. The standard InChI is InChI=1S/C25H28N4O5/c30-17-9-7-15(8-10-17)12-21(28-23(31)20-6-3-11-26-20)24(32)29-22(25(33)34)13-16-14-27-19-5-2-1-4-18(16)19/h1-2,4-5,7-10,14,20-22,26-27,30H,3,6,11-13H2,(H,28,31)(H,29,32)(H,33,34)/t20-,21-,22-/m0/s1. The zero-order valence-electron chi connectivity index (χ0n) is 18.6. The van der Waals surface area contributed by atoms with Gasteiger partial charge in [0.25, 0.3) is 0 Å². The van der Waals surface area contributed by atoms with Crippen LogP contribution in [0.25, 0.3) is 10.9 Å². The van der Waals surface area contributed by atoms with E-state index in [0.29, 0.717) is 6.42 Å². The van der Waals surface area contributed by atoms with Crippen molar-refractivity contribution >= 4 is 28.7 Å². The van der Waals surface area contributed by atoms with Crippen molar-refractivity contribution in [3.05, 3.63) is 65.9 Å². The largest absolute Gasteiger partial charge is 0.508 e. The topological polar surface area (TPSA) is 144 Å². The Bertz CT molecular complexity index is 1170. The molecule has 2 amide bonds. The lowest BCUT2D eigenvalue weighted by Crippen LogP contribution is -2.55. The normalized spacial score (nSPS) is 17.2. The molecule has 4 rings (SSSR count). The number of nitrogens with one attached hydrogen (secondary N) is 4. The van der Waals surface area contributed by atoms with Crippen molar-refractivity contribution in [2.24, 2.45) is 0 Å². The molecular formula is C25H28N4O5. The maximum atomic E-state index is 13.2. The number of carboxylic acids is 1. The third-order valence-electron chi connectivity index (χ3n) is 6.10. The summed E-state index contributed by atoms with van der Waals surface area (Å²) < 4.78 is 0. The van der Waals surface area contributed by atoms with Gasteiger partial charge < -0.3 is 31.1 Å². The minimum atomic E-state index is -1.17. The highest BCUT2D eigenvalue weighted by atomic mass is 16.4. The van der Waals surface area contributed by atoms with Crippen LogP contribution < -0.4 is 16.0 Å². The van der Waals surface area contributed by atoms with E-state index in [1.807, 2.05) is 24.3 Å². The summed E-state index contributed by atoms with van der Waals surface area (Å²) in [5, 5.41) is 28.7. The van der Waals surface area contributed by atoms with Crippen LogP contribution >= 0.6 is 0 Å². The molecule has 0 saturated carbocycles. The first kappa shape index (κ1) is 23.3. The van der Waals surface area contributed by atoms with Gasteiger partial charge in [-0.3, -0.25) is 9.59 Å². The Balaban J connectivity index is 1.51. The molecule has 1 fully saturated rings. The number of aromatic nitrogens is 1. The number of carbonyl (C=O) groups excluding carboxylic acids is 2. The van der Waals surface area contributed by atoms with Gasteiger partial charge in [-0.25, -0.2) is 4.79 Å². The molecule has 0 spiro atoms. The lowest BCUT2D eigenvalue weighted by molar-refractivity contribution is -0.142. The Kier molecular flexibility index (Phi) is 7.12. The number of para-hydroxylation sites is 1. The molecule has 1 saturated heterocycles. The van der Waals surface area contributed by atoms with Crippen LogP contribution in [-0.4, -0.2) is 57.7 Å². The quantitative estimate of drug-likeness (QED) is 0.283. The number of carboxylic acid groups (broad SMARTS) is 1. The molecule has 3 aromatic rings. The summed E-state index contributed by atoms with van der Waals surface area (Å²) >= 11 is 0. The van der Waals surface area contributed by atoms with Crippen molar-refractivity contribution in [3.63, 3.8) is 0 Å². The summed E-state index contributed by atoms with van der Waals surface area (Å²) in [4.78, 5) is 41.0. The van der Waals surface area contributed by atoms with Gasteiger partial charge in [0.2, 0.25) is 11.8 Å². The molecule has 1 aliphatic heterocycles. The molecule has 9 heteroatoms. The summed E-state index contributed by atoms with van der Waals surface area (Å²) in [6.45, 7) is 0.735. The third kappa shape index (κ3) is 5.55. The predicted octanol–water partition coefficient (Wildman–Crippen LogP) is 1.46. The number of rotatable bonds is 9. The molecule has 34 heavy (non-hydrogen) atoms. The van der Waals surface area contributed by atoms with Gasteiger partial charge in [0, 0.05) is 29.9 Å². The van der Waals surface area contributed by atoms with E-state index < -0.39 is 24.0 Å². The zero-order valence-corrected chi connectivity index (χ0v) is 18.6. The van der Waals surface area contributed by atoms with Crippen LogP contribution in [0.3, 0.4) is 0 Å². The van der Waals surface area contributed by atoms with Crippen LogP contribution in [0.15, 0.2) is 54.7 Å². The second kappa shape index (κ2) is 10.4. The monoisotopic (exact) mass is 464 g/mol. The lowest BCUT2D eigenvalue weighted by atomic mass is 10.0. The predicted molar refractivity (Wildman–Crippen MR) is 126 cm³/mol. The van der Waals surface area contributed by atoms with Crippen molar-refractivity contribution < 1.29 is 24.6 Å². The van der Waals surface area contributed by atoms with E-state index in [9.17, 15) is 24.6 Å². The van der Waals surface area contributed by atoms with E-state index in [2.05, 4.69) is 20.9 Å². The number of phenolic OH excluding ortho intramolecular Hbond substituents is 1. The van der Waals surface area contributed by atoms with Crippen molar-refractivity contribution in [2.75, 3.05) is 6.54 Å². The van der Waals surface area contributed by atoms with E-state index >= 15 is 0 Å². The molecule has 0 bridgehead atoms. The number of fused-ring (bicyclic) bond motifs is 1. The number of benzene rings is 2. The SMILES string of the molecule is O=C(O)[C@H](Cc1c[nH]c2ccccc12)NC(=O)[C@H](Cc1ccc(O)cc1)NC(=O)[C@@H]1CCCN1. The number of hydrogen-bond acceptors (Lipinski definition) is 5. The van der Waals surface area contributed by atoms with Crippen molar-refractivity contribution in [2.45, 2.75) is 43.8 Å². The third-order valence-corrected chi connectivity index (χ3v) is 6.10. The molecule has 0 aliphatic carbocycles. The van der Waals surface area contributed by atoms with Crippen LogP contribution in [0, 0.1) is 0 Å². The van der Waals surface area contributed by atoms with E-state index in [1.165, 1.54) is 12.1 Å². The van der Waals surface area contributed by atoms with Gasteiger partial charge in [0.05, 0.1) is 6.04 Å². The smallest absolute Gasteiger partial charge is 0.326 e. The fourth-order valence-corrected chi connectivity index (χ4v) is 4.25. The van der Waals surface area contributed by atoms with Crippen molar-refractivity contribution in [1.82, 2.24) is 20.9 Å². The molecule has 1 aliphatic rings. The molecule has 2 aromatic carbocycles. The number of aliphatic carboxylic acids is 1. The first-order valence-corrected chi connectivity index (χ1v) is 11.3. The van der Waals surface area contributed by atoms with Crippen LogP contribution in [0.1, 0.15) is 24.0 Å². The van der Waals surface area contributed by atoms with Crippen molar-refractivity contribution in [1.29, 1.82) is 0 Å². The molecule has 3 atom stereocenters. The van der Waals surface area contributed by atoms with Crippen LogP contribution in [0.4, 0.5) is 0 Å². The Hall–Kier alpha value is -3.85. The molecule has 178 valence electrons. The highest BCUT2D eigenvalue weighted by Crippen LogP contribution is 2.19. The summed E-state index contributed by atoms with van der Waals surface area (Å²) in [7, 11) is 0. The fraction of sp³-hybridized carbons (Fsp3) is 0.320. The van der Waals surface area contributed by atoms with E-state index in [0.717, 1.165) is 35.0 Å². The first-order valence-electron chi connectivity index (χ1n) is 11.3. The highest BCUT2D eigenvalue weighted by Gasteiger charge is 2.30. The number of H-pyrrole nitrogens is 1. The Morgan fingerprint density at radius 3 is 2.47 bits per heavy atom. The van der Waals surface area contributed by atoms with E-state index in [-0.39, 0.29) is 30.5 Å². The van der Waals surface area contributed by atoms with Crippen LogP contribution in [0.2, 0.25) is 0 Å². The van der Waals surface area contributed by atoms with Crippen molar-refractivity contribution in [3.8, 4) is 5.75 Å². The van der Waals surface area contributed by atoms with Gasteiger partial charge in [-0.05, 0) is 48.7 Å². The molecular weight excluding hydrogens is 436 g/mol. The number of phenols is 1. The van der Waals surface area contributed by atoms with E-state index in [4.69, 9.17) is 0 Å². The van der Waals surface area contributed by atoms with Gasteiger partial charge in [-0.15, -0.1) is 0 Å². The average molecular weight is 465 g/mol. The van der Waals surface area contributed by atoms with Gasteiger partial charge in [-0.1, -0.05) is 30.3 Å². The molecule has 0 radical (unpaired) electrons. The molecule has 0 unspecified atom stereocenters. The summed E-state index contributed by atoms with van der Waals surface area (Å²) in [6, 6.07) is 11.4. The Morgan fingerprint density at radius 2 is 1.76 bits per heavy atom. The fourth-order valence-electron chi connectivity index (χ4n) is 4.25. The summed E-state index contributed by atoms with van der Waals surface area (Å²) in [6.07, 6.45) is 3.55. The average Bonchev–Trinajstić information content (AvgIpc) is 3.50. The summed E-state index contributed by atoms with van der Waals surface area (Å²) in [5.41, 5.74) is 2.38. The number of carbonyl (C=O) groups is 3. The van der Waals surface area contributed by atoms with Gasteiger partial charge >= 0.3 is 5.97 Å². The molecule has 9 nitrogen and oxygen atoms in total. The highest BCUT2D eigenvalue weighted by molar-refractivity contribution is 5.92. The second-order valence-corrected chi connectivity index (χ2v) is 8.54. The van der Waals surface area contributed by atoms with E-state index in [1.54, 1.807) is 18.3 Å². The minimum Gasteiger partial charge on any atom is -0.508 e. The van der Waals surface area contributed by atoms with Gasteiger partial charge in [0.1, 0.15) is 17.8 Å².